The summed E-state index contributed by atoms with van der Waals surface area (Å²) in [6, 6.07) is -0.0864. The Morgan fingerprint density at radius 2 is 1.79 bits per heavy atom. The van der Waals surface area contributed by atoms with E-state index >= 15 is 0 Å². The van der Waals surface area contributed by atoms with Gasteiger partial charge in [0.15, 0.2) is 0 Å². The van der Waals surface area contributed by atoms with Crippen molar-refractivity contribution in [2.75, 3.05) is 46.8 Å². The molecule has 0 aromatic rings. The predicted molar refractivity (Wildman–Crippen MR) is 80.5 cm³/mol. The van der Waals surface area contributed by atoms with Crippen LogP contribution >= 0.6 is 0 Å². The molecule has 2 N–H and O–H groups in total. The van der Waals surface area contributed by atoms with Crippen LogP contribution in [0.15, 0.2) is 0 Å². The van der Waals surface area contributed by atoms with Gasteiger partial charge in [0, 0.05) is 26.2 Å². The minimum atomic E-state index is -3.37. The Morgan fingerprint density at radius 3 is 2.26 bits per heavy atom. The summed E-state index contributed by atoms with van der Waals surface area (Å²) in [6.45, 7) is 9.99. The van der Waals surface area contributed by atoms with Gasteiger partial charge in [-0.2, -0.15) is 17.4 Å². The fraction of sp³-hybridized carbons (Fsp3) is 1.00. The number of rotatable bonds is 11. The largest absolute Gasteiger partial charge is 0.320 e. The molecule has 0 spiro atoms. The van der Waals surface area contributed by atoms with Gasteiger partial charge in [-0.15, -0.1) is 0 Å². The second kappa shape index (κ2) is 9.66. The zero-order valence-corrected chi connectivity index (χ0v) is 13.8. The molecular formula is C12H30N4O2S. The molecule has 6 nitrogen and oxygen atoms in total. The Kier molecular flexibility index (Phi) is 9.55. The van der Waals surface area contributed by atoms with E-state index in [0.717, 1.165) is 32.6 Å². The van der Waals surface area contributed by atoms with E-state index in [1.54, 1.807) is 7.05 Å². The normalized spacial score (nSPS) is 14.3. The van der Waals surface area contributed by atoms with Crippen LogP contribution in [0.2, 0.25) is 0 Å². The molecule has 0 amide bonds. The Bertz CT molecular complexity index is 318. The Balaban J connectivity index is 4.26. The molecule has 0 aromatic carbocycles. The second-order valence-corrected chi connectivity index (χ2v) is 6.60. The lowest BCUT2D eigenvalue weighted by Gasteiger charge is -2.25. The third-order valence-electron chi connectivity index (χ3n) is 3.09. The van der Waals surface area contributed by atoms with Gasteiger partial charge in [0.05, 0.1) is 0 Å². The van der Waals surface area contributed by atoms with Crippen molar-refractivity contribution in [1.82, 2.24) is 19.2 Å². The first kappa shape index (κ1) is 18.8. The highest BCUT2D eigenvalue weighted by Gasteiger charge is 2.20. The maximum Gasteiger partial charge on any atom is 0.279 e. The smallest absolute Gasteiger partial charge is 0.279 e. The fourth-order valence-corrected chi connectivity index (χ4v) is 2.98. The van der Waals surface area contributed by atoms with Crippen molar-refractivity contribution in [2.24, 2.45) is 0 Å². The first-order valence-electron chi connectivity index (χ1n) is 6.97. The van der Waals surface area contributed by atoms with Gasteiger partial charge in [0.1, 0.15) is 0 Å². The third kappa shape index (κ3) is 7.84. The van der Waals surface area contributed by atoms with Crippen LogP contribution in [0.4, 0.5) is 0 Å². The number of nitrogens with one attached hydrogen (secondary N) is 2. The monoisotopic (exact) mass is 294 g/mol. The summed E-state index contributed by atoms with van der Waals surface area (Å²) in [6.07, 6.45) is 0.804. The molecule has 19 heavy (non-hydrogen) atoms. The van der Waals surface area contributed by atoms with E-state index in [4.69, 9.17) is 0 Å². The maximum absolute atomic E-state index is 12.1. The highest BCUT2D eigenvalue weighted by Crippen LogP contribution is 1.99. The fourth-order valence-electron chi connectivity index (χ4n) is 1.85. The van der Waals surface area contributed by atoms with Gasteiger partial charge >= 0.3 is 0 Å². The van der Waals surface area contributed by atoms with E-state index in [-0.39, 0.29) is 6.04 Å². The third-order valence-corrected chi connectivity index (χ3v) is 4.79. The standard InChI is InChI=1S/C12H30N4O2S/c1-6-16(7-2)11-12(3)14-19(17,18)15(5)10-8-9-13-4/h12-14H,6-11H2,1-5H3. The average molecular weight is 294 g/mol. The van der Waals surface area contributed by atoms with E-state index in [9.17, 15) is 8.42 Å². The molecule has 0 bridgehead atoms. The van der Waals surface area contributed by atoms with E-state index in [1.807, 2.05) is 14.0 Å². The maximum atomic E-state index is 12.1. The molecule has 0 rings (SSSR count). The van der Waals surface area contributed by atoms with E-state index in [1.165, 1.54) is 4.31 Å². The van der Waals surface area contributed by atoms with Gasteiger partial charge in [-0.3, -0.25) is 0 Å². The molecule has 0 saturated heterocycles. The molecule has 0 radical (unpaired) electrons. The van der Waals surface area contributed by atoms with Crippen LogP contribution in [0.5, 0.6) is 0 Å². The number of hydrogen-bond donors (Lipinski definition) is 2. The first-order chi connectivity index (χ1) is 8.87. The second-order valence-electron chi connectivity index (χ2n) is 4.79. The lowest BCUT2D eigenvalue weighted by molar-refractivity contribution is 0.280. The van der Waals surface area contributed by atoms with Crippen molar-refractivity contribution in [3.05, 3.63) is 0 Å². The predicted octanol–water partition coefficient (Wildman–Crippen LogP) is 0.0924. The quantitative estimate of drug-likeness (QED) is 0.530. The van der Waals surface area contributed by atoms with Crippen molar-refractivity contribution in [1.29, 1.82) is 0 Å². The van der Waals surface area contributed by atoms with Gasteiger partial charge in [-0.1, -0.05) is 13.8 Å². The van der Waals surface area contributed by atoms with Gasteiger partial charge in [0.25, 0.3) is 10.2 Å². The molecule has 7 heteroatoms. The summed E-state index contributed by atoms with van der Waals surface area (Å²) in [4.78, 5) is 2.20. The molecule has 116 valence electrons. The van der Waals surface area contributed by atoms with Crippen molar-refractivity contribution in [3.8, 4) is 0 Å². The Morgan fingerprint density at radius 1 is 1.21 bits per heavy atom. The van der Waals surface area contributed by atoms with E-state index in [0.29, 0.717) is 6.54 Å². The van der Waals surface area contributed by atoms with E-state index in [2.05, 4.69) is 28.8 Å². The van der Waals surface area contributed by atoms with Crippen LogP contribution in [0, 0.1) is 0 Å². The lowest BCUT2D eigenvalue weighted by atomic mass is 10.3. The first-order valence-corrected chi connectivity index (χ1v) is 8.41. The molecule has 1 atom stereocenters. The Hall–Kier alpha value is -0.210. The summed E-state index contributed by atoms with van der Waals surface area (Å²) >= 11 is 0. The van der Waals surface area contributed by atoms with Crippen molar-refractivity contribution >= 4 is 10.2 Å². The molecule has 0 aromatic heterocycles. The number of hydrogen-bond acceptors (Lipinski definition) is 4. The summed E-state index contributed by atoms with van der Waals surface area (Å²) in [5.74, 6) is 0. The minimum Gasteiger partial charge on any atom is -0.320 e. The topological polar surface area (TPSA) is 64.7 Å². The van der Waals surface area contributed by atoms with Crippen LogP contribution in [0.1, 0.15) is 27.2 Å². The molecule has 0 aliphatic carbocycles. The molecule has 1 unspecified atom stereocenters. The zero-order valence-electron chi connectivity index (χ0n) is 12.9. The molecule has 0 fully saturated rings. The molecule has 0 heterocycles. The highest BCUT2D eigenvalue weighted by atomic mass is 32.2. The lowest BCUT2D eigenvalue weighted by Crippen LogP contribution is -2.47. The summed E-state index contributed by atoms with van der Waals surface area (Å²) in [5, 5.41) is 3.01. The van der Waals surface area contributed by atoms with Gasteiger partial charge in [-0.05, 0) is 40.0 Å². The van der Waals surface area contributed by atoms with Gasteiger partial charge in [-0.25, -0.2) is 0 Å². The van der Waals surface area contributed by atoms with Gasteiger partial charge < -0.3 is 10.2 Å². The van der Waals surface area contributed by atoms with Crippen molar-refractivity contribution in [3.63, 3.8) is 0 Å². The van der Waals surface area contributed by atoms with Crippen LogP contribution in [-0.4, -0.2) is 70.5 Å². The summed E-state index contributed by atoms with van der Waals surface area (Å²) in [7, 11) is 0.100. The molecule has 0 aliphatic heterocycles. The van der Waals surface area contributed by atoms with Crippen LogP contribution in [0.3, 0.4) is 0 Å². The average Bonchev–Trinajstić information content (AvgIpc) is 2.35. The van der Waals surface area contributed by atoms with Gasteiger partial charge in [0.2, 0.25) is 0 Å². The molecule has 0 saturated carbocycles. The number of nitrogens with zero attached hydrogens (tertiary/aromatic N) is 2. The minimum absolute atomic E-state index is 0.0864. The zero-order chi connectivity index (χ0) is 14.9. The van der Waals surface area contributed by atoms with Crippen molar-refractivity contribution < 1.29 is 8.42 Å². The van der Waals surface area contributed by atoms with Crippen LogP contribution in [0.25, 0.3) is 0 Å². The SMILES string of the molecule is CCN(CC)CC(C)NS(=O)(=O)N(C)CCCNC. The summed E-state index contributed by atoms with van der Waals surface area (Å²) < 4.78 is 28.2. The summed E-state index contributed by atoms with van der Waals surface area (Å²) in [5.41, 5.74) is 0. The molecule has 0 aliphatic rings. The number of likely N-dealkylation sites (N-methyl/N-ethyl adjacent to an activating group) is 1. The van der Waals surface area contributed by atoms with Crippen molar-refractivity contribution in [2.45, 2.75) is 33.2 Å². The van der Waals surface area contributed by atoms with E-state index < -0.39 is 10.2 Å². The Labute approximate surface area is 118 Å². The highest BCUT2D eigenvalue weighted by molar-refractivity contribution is 7.87. The van der Waals surface area contributed by atoms with Crippen LogP contribution in [-0.2, 0) is 10.2 Å². The van der Waals surface area contributed by atoms with Crippen LogP contribution < -0.4 is 10.0 Å². The molecular weight excluding hydrogens is 264 g/mol.